The molecular formula is C12H14N4O4S. The van der Waals surface area contributed by atoms with Gasteiger partial charge in [-0.05, 0) is 24.6 Å². The number of hydrogen-bond acceptors (Lipinski definition) is 5. The smallest absolute Gasteiger partial charge is 0.335 e. The lowest BCUT2D eigenvalue weighted by molar-refractivity contribution is 0.0696. The number of aryl methyl sites for hydroxylation is 1. The van der Waals surface area contributed by atoms with Crippen LogP contribution in [0.1, 0.15) is 15.9 Å². The molecule has 8 nitrogen and oxygen atoms in total. The molecule has 0 aliphatic carbocycles. The molecular weight excluding hydrogens is 296 g/mol. The Kier molecular flexibility index (Phi) is 4.34. The van der Waals surface area contributed by atoms with Gasteiger partial charge in [-0.1, -0.05) is 11.3 Å². The normalized spacial score (nSPS) is 11.5. The van der Waals surface area contributed by atoms with Gasteiger partial charge in [0.1, 0.15) is 0 Å². The number of aromatic carboxylic acids is 1. The Hall–Kier alpha value is -2.26. The van der Waals surface area contributed by atoms with E-state index in [-0.39, 0.29) is 17.0 Å². The summed E-state index contributed by atoms with van der Waals surface area (Å²) in [6, 6.07) is 3.98. The monoisotopic (exact) mass is 310 g/mol. The van der Waals surface area contributed by atoms with Gasteiger partial charge >= 0.3 is 5.97 Å². The molecule has 112 valence electrons. The molecule has 0 amide bonds. The second-order valence-electron chi connectivity index (χ2n) is 4.35. The lowest BCUT2D eigenvalue weighted by Gasteiger charge is -2.10. The van der Waals surface area contributed by atoms with Crippen LogP contribution in [0.25, 0.3) is 0 Å². The molecule has 0 bridgehead atoms. The number of nitrogens with one attached hydrogen (secondary N) is 1. The molecule has 2 aromatic rings. The van der Waals surface area contributed by atoms with Crippen molar-refractivity contribution in [2.45, 2.75) is 18.4 Å². The Balaban J connectivity index is 2.15. The Labute approximate surface area is 121 Å². The van der Waals surface area contributed by atoms with E-state index < -0.39 is 16.0 Å². The van der Waals surface area contributed by atoms with E-state index in [2.05, 4.69) is 15.0 Å². The number of carboxylic acid groups (broad SMARTS) is 1. The van der Waals surface area contributed by atoms with Crippen molar-refractivity contribution in [1.29, 1.82) is 0 Å². The summed E-state index contributed by atoms with van der Waals surface area (Å²) >= 11 is 0. The van der Waals surface area contributed by atoms with E-state index in [9.17, 15) is 13.2 Å². The predicted molar refractivity (Wildman–Crippen MR) is 73.3 cm³/mol. The van der Waals surface area contributed by atoms with Crippen molar-refractivity contribution in [3.8, 4) is 0 Å². The number of nitrogens with zero attached hydrogens (tertiary/aromatic N) is 3. The van der Waals surface area contributed by atoms with Crippen LogP contribution in [-0.4, -0.2) is 41.0 Å². The molecule has 0 spiro atoms. The maximum atomic E-state index is 12.2. The zero-order valence-electron chi connectivity index (χ0n) is 11.2. The third-order valence-corrected chi connectivity index (χ3v) is 4.43. The van der Waals surface area contributed by atoms with Gasteiger partial charge in [0.15, 0.2) is 0 Å². The lowest BCUT2D eigenvalue weighted by Crippen LogP contribution is -2.28. The van der Waals surface area contributed by atoms with Crippen LogP contribution in [0.2, 0.25) is 0 Å². The van der Waals surface area contributed by atoms with E-state index in [0.29, 0.717) is 12.1 Å². The molecule has 0 saturated carbocycles. The zero-order chi connectivity index (χ0) is 15.5. The highest BCUT2D eigenvalue weighted by Gasteiger charge is 2.18. The molecule has 1 heterocycles. The number of sulfonamides is 1. The lowest BCUT2D eigenvalue weighted by atomic mass is 10.1. The standard InChI is InChI=1S/C12H14N4O4S/c1-9-2-3-10(12(17)18)8-11(9)21(19,20)14-5-7-16-6-4-13-15-16/h2-4,6,8,14H,5,7H2,1H3,(H,17,18). The van der Waals surface area contributed by atoms with E-state index >= 15 is 0 Å². The van der Waals surface area contributed by atoms with Crippen molar-refractivity contribution in [3.63, 3.8) is 0 Å². The van der Waals surface area contributed by atoms with E-state index in [1.165, 1.54) is 23.0 Å². The van der Waals surface area contributed by atoms with Crippen LogP contribution >= 0.6 is 0 Å². The van der Waals surface area contributed by atoms with Gasteiger partial charge in [-0.2, -0.15) is 0 Å². The summed E-state index contributed by atoms with van der Waals surface area (Å²) in [6.45, 7) is 2.07. The van der Waals surface area contributed by atoms with Crippen LogP contribution in [0, 0.1) is 6.92 Å². The van der Waals surface area contributed by atoms with E-state index in [0.717, 1.165) is 6.07 Å². The van der Waals surface area contributed by atoms with Gasteiger partial charge in [-0.15, -0.1) is 5.10 Å². The molecule has 0 aliphatic rings. The van der Waals surface area contributed by atoms with Crippen molar-refractivity contribution in [2.24, 2.45) is 0 Å². The Morgan fingerprint density at radius 2 is 2.19 bits per heavy atom. The molecule has 2 N–H and O–H groups in total. The molecule has 0 saturated heterocycles. The molecule has 0 radical (unpaired) electrons. The second-order valence-corrected chi connectivity index (χ2v) is 6.08. The van der Waals surface area contributed by atoms with Gasteiger partial charge in [-0.25, -0.2) is 17.9 Å². The van der Waals surface area contributed by atoms with Gasteiger partial charge in [-0.3, -0.25) is 4.68 Å². The van der Waals surface area contributed by atoms with Gasteiger partial charge in [0.05, 0.1) is 23.2 Å². The average molecular weight is 310 g/mol. The number of aromatic nitrogens is 3. The fourth-order valence-electron chi connectivity index (χ4n) is 1.75. The quantitative estimate of drug-likeness (QED) is 0.791. The van der Waals surface area contributed by atoms with Crippen LogP contribution in [0.5, 0.6) is 0 Å². The fraction of sp³-hybridized carbons (Fsp3) is 0.250. The van der Waals surface area contributed by atoms with Crippen LogP contribution in [0.4, 0.5) is 0 Å². The highest BCUT2D eigenvalue weighted by Crippen LogP contribution is 2.17. The van der Waals surface area contributed by atoms with E-state index in [1.54, 1.807) is 13.1 Å². The third-order valence-electron chi connectivity index (χ3n) is 2.83. The van der Waals surface area contributed by atoms with Gasteiger partial charge in [0.2, 0.25) is 10.0 Å². The first-order valence-electron chi connectivity index (χ1n) is 6.08. The average Bonchev–Trinajstić information content (AvgIpc) is 2.91. The summed E-state index contributed by atoms with van der Waals surface area (Å²) in [4.78, 5) is 10.9. The Bertz CT molecular complexity index is 741. The molecule has 9 heteroatoms. The van der Waals surface area contributed by atoms with Crippen molar-refractivity contribution in [3.05, 3.63) is 41.7 Å². The molecule has 2 rings (SSSR count). The minimum Gasteiger partial charge on any atom is -0.478 e. The van der Waals surface area contributed by atoms with Crippen molar-refractivity contribution in [1.82, 2.24) is 19.7 Å². The number of rotatable bonds is 6. The van der Waals surface area contributed by atoms with Crippen molar-refractivity contribution in [2.75, 3.05) is 6.54 Å². The first-order valence-corrected chi connectivity index (χ1v) is 7.56. The van der Waals surface area contributed by atoms with Crippen LogP contribution < -0.4 is 4.72 Å². The number of benzene rings is 1. The topological polar surface area (TPSA) is 114 Å². The van der Waals surface area contributed by atoms with Crippen LogP contribution in [0.15, 0.2) is 35.5 Å². The number of carbonyl (C=O) groups is 1. The zero-order valence-corrected chi connectivity index (χ0v) is 12.0. The first kappa shape index (κ1) is 15.1. The third kappa shape index (κ3) is 3.64. The summed E-state index contributed by atoms with van der Waals surface area (Å²) < 4.78 is 28.3. The Morgan fingerprint density at radius 3 is 2.81 bits per heavy atom. The molecule has 0 atom stereocenters. The van der Waals surface area contributed by atoms with Crippen LogP contribution in [-0.2, 0) is 16.6 Å². The molecule has 0 aliphatic heterocycles. The molecule has 0 fully saturated rings. The highest BCUT2D eigenvalue weighted by molar-refractivity contribution is 7.89. The maximum Gasteiger partial charge on any atom is 0.335 e. The fourth-order valence-corrected chi connectivity index (χ4v) is 3.04. The predicted octanol–water partition coefficient (Wildman–Crippen LogP) is 0.263. The van der Waals surface area contributed by atoms with E-state index in [1.807, 2.05) is 0 Å². The molecule has 1 aromatic heterocycles. The molecule has 1 aromatic carbocycles. The molecule has 21 heavy (non-hydrogen) atoms. The Morgan fingerprint density at radius 1 is 1.43 bits per heavy atom. The van der Waals surface area contributed by atoms with Crippen molar-refractivity contribution >= 4 is 16.0 Å². The summed E-state index contributed by atoms with van der Waals surface area (Å²) in [5.41, 5.74) is 0.408. The van der Waals surface area contributed by atoms with E-state index in [4.69, 9.17) is 5.11 Å². The second kappa shape index (κ2) is 6.02. The number of hydrogen-bond donors (Lipinski definition) is 2. The summed E-state index contributed by atoms with van der Waals surface area (Å²) in [5, 5.41) is 16.3. The van der Waals surface area contributed by atoms with Crippen molar-refractivity contribution < 1.29 is 18.3 Å². The summed E-state index contributed by atoms with van der Waals surface area (Å²) in [7, 11) is -3.78. The number of carboxylic acids is 1. The van der Waals surface area contributed by atoms with Gasteiger partial charge in [0.25, 0.3) is 0 Å². The van der Waals surface area contributed by atoms with Gasteiger partial charge in [0, 0.05) is 12.7 Å². The largest absolute Gasteiger partial charge is 0.478 e. The summed E-state index contributed by atoms with van der Waals surface area (Å²) in [5.74, 6) is -1.17. The summed E-state index contributed by atoms with van der Waals surface area (Å²) in [6.07, 6.45) is 3.11. The molecule has 0 unspecified atom stereocenters. The maximum absolute atomic E-state index is 12.2. The highest BCUT2D eigenvalue weighted by atomic mass is 32.2. The first-order chi connectivity index (χ1) is 9.90. The SMILES string of the molecule is Cc1ccc(C(=O)O)cc1S(=O)(=O)NCCn1ccnn1. The minimum atomic E-state index is -3.78. The van der Waals surface area contributed by atoms with Gasteiger partial charge < -0.3 is 5.11 Å². The van der Waals surface area contributed by atoms with Crippen LogP contribution in [0.3, 0.4) is 0 Å². The minimum absolute atomic E-state index is 0.0407.